The number of hydrogen-bond donors (Lipinski definition) is 0. The molecule has 0 radical (unpaired) electrons. The van der Waals surface area contributed by atoms with Crippen LogP contribution >= 0.6 is 0 Å². The lowest BCUT2D eigenvalue weighted by Gasteiger charge is -2.37. The number of fused-ring (bicyclic) bond motifs is 5. The van der Waals surface area contributed by atoms with Crippen LogP contribution in [0.5, 0.6) is 0 Å². The van der Waals surface area contributed by atoms with Crippen molar-refractivity contribution in [3.8, 4) is 22.3 Å². The van der Waals surface area contributed by atoms with Gasteiger partial charge in [-0.2, -0.15) is 0 Å². The summed E-state index contributed by atoms with van der Waals surface area (Å²) < 4.78 is 0. The number of hydrogen-bond acceptors (Lipinski definition) is 1. The summed E-state index contributed by atoms with van der Waals surface area (Å²) in [6.45, 7) is 0. The Morgan fingerprint density at radius 3 is 1.25 bits per heavy atom. The van der Waals surface area contributed by atoms with Crippen molar-refractivity contribution in [2.75, 3.05) is 4.90 Å². The van der Waals surface area contributed by atoms with E-state index in [1.54, 1.807) is 0 Å². The summed E-state index contributed by atoms with van der Waals surface area (Å²) in [6.07, 6.45) is 9.45. The zero-order valence-electron chi connectivity index (χ0n) is 35.4. The molecule has 0 heterocycles. The molecule has 0 N–H and O–H groups in total. The van der Waals surface area contributed by atoms with Crippen molar-refractivity contribution in [1.29, 1.82) is 0 Å². The highest BCUT2D eigenvalue weighted by molar-refractivity contribution is 5.87. The molecule has 1 nitrogen and oxygen atoms in total. The molecule has 63 heavy (non-hydrogen) atoms. The molecule has 9 aromatic carbocycles. The minimum absolute atomic E-state index is 0.0454. The van der Waals surface area contributed by atoms with Gasteiger partial charge in [-0.05, 0) is 116 Å². The van der Waals surface area contributed by atoms with Gasteiger partial charge in [-0.3, -0.25) is 0 Å². The zero-order valence-corrected chi connectivity index (χ0v) is 35.4. The number of benzene rings is 9. The fourth-order valence-electron chi connectivity index (χ4n) is 10.8. The van der Waals surface area contributed by atoms with E-state index in [0.29, 0.717) is 0 Å². The van der Waals surface area contributed by atoms with Gasteiger partial charge in [0.15, 0.2) is 0 Å². The SMILES string of the molecule is C(=Cc1ccc2c(c1)C1(CCCC1)c1cc(N(c3ccccc3)c3ccccc3)ccc1-2)c1ccc(-c2ccc(C(c3ccccc3)(c3ccccc3)c3ccccc3)cc2)cc1. The minimum atomic E-state index is -0.455. The van der Waals surface area contributed by atoms with Gasteiger partial charge in [0.05, 0.1) is 5.41 Å². The van der Waals surface area contributed by atoms with E-state index >= 15 is 0 Å². The van der Waals surface area contributed by atoms with Gasteiger partial charge < -0.3 is 4.90 Å². The van der Waals surface area contributed by atoms with Gasteiger partial charge in [-0.1, -0.05) is 225 Å². The second kappa shape index (κ2) is 16.4. The van der Waals surface area contributed by atoms with Gasteiger partial charge >= 0.3 is 0 Å². The van der Waals surface area contributed by atoms with Crippen LogP contribution in [0.4, 0.5) is 17.1 Å². The van der Waals surface area contributed by atoms with Gasteiger partial charge in [0, 0.05) is 22.5 Å². The average Bonchev–Trinajstić information content (AvgIpc) is 3.96. The zero-order chi connectivity index (χ0) is 42.1. The van der Waals surface area contributed by atoms with E-state index in [0.717, 1.165) is 0 Å². The Kier molecular flexibility index (Phi) is 10.0. The molecule has 0 aromatic heterocycles. The van der Waals surface area contributed by atoms with E-state index in [-0.39, 0.29) is 5.41 Å². The van der Waals surface area contributed by atoms with Gasteiger partial charge in [-0.25, -0.2) is 0 Å². The highest BCUT2D eigenvalue weighted by Crippen LogP contribution is 2.58. The molecule has 302 valence electrons. The molecule has 9 aromatic rings. The van der Waals surface area contributed by atoms with Gasteiger partial charge in [-0.15, -0.1) is 0 Å². The summed E-state index contributed by atoms with van der Waals surface area (Å²) in [5.41, 5.74) is 18.8. The molecule has 2 aliphatic rings. The molecule has 2 aliphatic carbocycles. The number of para-hydroxylation sites is 2. The van der Waals surface area contributed by atoms with Crippen LogP contribution in [0.1, 0.15) is 70.2 Å². The van der Waals surface area contributed by atoms with Crippen LogP contribution in [0, 0.1) is 0 Å². The fraction of sp³-hybridized carbons (Fsp3) is 0.0968. The maximum Gasteiger partial charge on any atom is 0.0701 e. The third-order valence-corrected chi connectivity index (χ3v) is 13.8. The Hall–Kier alpha value is -7.48. The average molecular weight is 808 g/mol. The summed E-state index contributed by atoms with van der Waals surface area (Å²) in [4.78, 5) is 2.40. The molecule has 0 amide bonds. The molecular weight excluding hydrogens is 759 g/mol. The standard InChI is InChI=1S/C62H49N/c1-6-18-50(19-7-1)62(51-20-8-2-9-21-51,52-22-10-3-11-23-52)53-37-35-49(36-38-53)48-33-30-46(31-34-48)28-29-47-32-40-57-58-41-39-56(45-60(58)61(59(57)44-47)42-16-17-43-61)63(54-24-12-4-13-25-54)55-26-14-5-15-27-55/h1-15,18-41,44-45H,16-17,42-43H2. The summed E-state index contributed by atoms with van der Waals surface area (Å²) in [5.74, 6) is 0. The molecule has 0 unspecified atom stereocenters. The predicted molar refractivity (Wildman–Crippen MR) is 265 cm³/mol. The van der Waals surface area contributed by atoms with E-state index in [9.17, 15) is 0 Å². The molecule has 11 rings (SSSR count). The molecule has 0 aliphatic heterocycles. The van der Waals surface area contributed by atoms with Crippen molar-refractivity contribution in [2.24, 2.45) is 0 Å². The van der Waals surface area contributed by atoms with Crippen molar-refractivity contribution in [2.45, 2.75) is 36.5 Å². The monoisotopic (exact) mass is 807 g/mol. The summed E-state index contributed by atoms with van der Waals surface area (Å²) >= 11 is 0. The van der Waals surface area contributed by atoms with Gasteiger partial charge in [0.25, 0.3) is 0 Å². The first kappa shape index (κ1) is 38.4. The van der Waals surface area contributed by atoms with Crippen LogP contribution in [0.2, 0.25) is 0 Å². The van der Waals surface area contributed by atoms with E-state index in [4.69, 9.17) is 0 Å². The van der Waals surface area contributed by atoms with E-state index in [2.05, 4.69) is 254 Å². The topological polar surface area (TPSA) is 3.24 Å². The Morgan fingerprint density at radius 2 is 0.746 bits per heavy atom. The Balaban J connectivity index is 0.876. The van der Waals surface area contributed by atoms with Crippen molar-refractivity contribution >= 4 is 29.2 Å². The van der Waals surface area contributed by atoms with Gasteiger partial charge in [0.2, 0.25) is 0 Å². The first-order valence-electron chi connectivity index (χ1n) is 22.5. The summed E-state index contributed by atoms with van der Waals surface area (Å²) in [6, 6.07) is 86.9. The normalized spacial score (nSPS) is 13.8. The van der Waals surface area contributed by atoms with Crippen molar-refractivity contribution in [1.82, 2.24) is 0 Å². The Bertz CT molecular complexity index is 2870. The lowest BCUT2D eigenvalue weighted by Crippen LogP contribution is -2.30. The maximum absolute atomic E-state index is 2.50. The minimum Gasteiger partial charge on any atom is -0.310 e. The third kappa shape index (κ3) is 6.82. The number of rotatable bonds is 10. The molecule has 0 atom stereocenters. The fourth-order valence-corrected chi connectivity index (χ4v) is 10.8. The first-order valence-corrected chi connectivity index (χ1v) is 22.5. The molecular formula is C62H49N. The van der Waals surface area contributed by atoms with E-state index in [1.165, 1.54) is 110 Å². The highest BCUT2D eigenvalue weighted by atomic mass is 15.1. The van der Waals surface area contributed by atoms with E-state index in [1.807, 2.05) is 0 Å². The summed E-state index contributed by atoms with van der Waals surface area (Å²) in [5, 5.41) is 0. The van der Waals surface area contributed by atoms with Crippen molar-refractivity contribution in [3.05, 3.63) is 281 Å². The second-order valence-electron chi connectivity index (χ2n) is 17.2. The quantitative estimate of drug-likeness (QED) is 0.0983. The Morgan fingerprint density at radius 1 is 0.349 bits per heavy atom. The van der Waals surface area contributed by atoms with Crippen LogP contribution in [0.15, 0.2) is 237 Å². The Labute approximate surface area is 372 Å². The predicted octanol–water partition coefficient (Wildman–Crippen LogP) is 16.2. The van der Waals surface area contributed by atoms with E-state index < -0.39 is 5.41 Å². The van der Waals surface area contributed by atoms with Crippen LogP contribution in [-0.4, -0.2) is 0 Å². The number of anilines is 3. The van der Waals surface area contributed by atoms with Crippen molar-refractivity contribution < 1.29 is 0 Å². The highest BCUT2D eigenvalue weighted by Gasteiger charge is 2.45. The number of nitrogens with zero attached hydrogens (tertiary/aromatic N) is 1. The maximum atomic E-state index is 2.50. The lowest BCUT2D eigenvalue weighted by atomic mass is 9.65. The molecule has 0 saturated heterocycles. The summed E-state index contributed by atoms with van der Waals surface area (Å²) in [7, 11) is 0. The largest absolute Gasteiger partial charge is 0.310 e. The molecule has 1 saturated carbocycles. The molecule has 1 fully saturated rings. The first-order chi connectivity index (χ1) is 31.2. The second-order valence-corrected chi connectivity index (χ2v) is 17.2. The molecule has 1 heteroatoms. The molecule has 0 bridgehead atoms. The van der Waals surface area contributed by atoms with Gasteiger partial charge in [0.1, 0.15) is 0 Å². The van der Waals surface area contributed by atoms with Crippen LogP contribution in [0.3, 0.4) is 0 Å². The van der Waals surface area contributed by atoms with Crippen LogP contribution < -0.4 is 4.90 Å². The molecule has 1 spiro atoms. The smallest absolute Gasteiger partial charge is 0.0701 e. The van der Waals surface area contributed by atoms with Crippen LogP contribution in [-0.2, 0) is 10.8 Å². The van der Waals surface area contributed by atoms with Crippen LogP contribution in [0.25, 0.3) is 34.4 Å². The third-order valence-electron chi connectivity index (χ3n) is 13.8. The lowest BCUT2D eigenvalue weighted by molar-refractivity contribution is 0.550. The van der Waals surface area contributed by atoms with Crippen molar-refractivity contribution in [3.63, 3.8) is 0 Å².